The lowest BCUT2D eigenvalue weighted by molar-refractivity contribution is -0.128. The minimum absolute atomic E-state index is 0.0458. The van der Waals surface area contributed by atoms with E-state index in [1.54, 1.807) is 11.8 Å². The highest BCUT2D eigenvalue weighted by molar-refractivity contribution is 5.81. The van der Waals surface area contributed by atoms with Crippen LogP contribution in [0.5, 0.6) is 0 Å². The lowest BCUT2D eigenvalue weighted by atomic mass is 9.82. The van der Waals surface area contributed by atoms with Crippen molar-refractivity contribution >= 4 is 11.8 Å². The van der Waals surface area contributed by atoms with Gasteiger partial charge in [0.05, 0.1) is 5.92 Å². The van der Waals surface area contributed by atoms with Gasteiger partial charge in [-0.2, -0.15) is 0 Å². The number of carbonyl (C=O) groups is 2. The number of hydrogen-bond acceptors (Lipinski definition) is 3. The van der Waals surface area contributed by atoms with Gasteiger partial charge in [-0.3, -0.25) is 9.59 Å². The maximum Gasteiger partial charge on any atom is 0.225 e. The summed E-state index contributed by atoms with van der Waals surface area (Å²) in [5.74, 6) is 0.520. The molecule has 1 heterocycles. The summed E-state index contributed by atoms with van der Waals surface area (Å²) in [5.41, 5.74) is 0. The van der Waals surface area contributed by atoms with Crippen molar-refractivity contribution in [3.63, 3.8) is 0 Å². The van der Waals surface area contributed by atoms with Gasteiger partial charge in [0.2, 0.25) is 11.8 Å². The molecule has 0 bridgehead atoms. The molecule has 5 nitrogen and oxygen atoms in total. The fourth-order valence-corrected chi connectivity index (χ4v) is 3.66. The first kappa shape index (κ1) is 16.3. The largest absolute Gasteiger partial charge is 0.396 e. The summed E-state index contributed by atoms with van der Waals surface area (Å²) in [6, 6.07) is 0.0918. The summed E-state index contributed by atoms with van der Waals surface area (Å²) in [5, 5.41) is 12.4. The molecule has 0 aromatic rings. The molecule has 0 spiro atoms. The Bertz CT molecular complexity index is 367. The second kappa shape index (κ2) is 7.78. The van der Waals surface area contributed by atoms with Crippen LogP contribution in [-0.4, -0.2) is 47.6 Å². The number of amides is 2. The van der Waals surface area contributed by atoms with Crippen molar-refractivity contribution in [3.05, 3.63) is 0 Å². The number of hydrogen-bond donors (Lipinski definition) is 2. The number of rotatable bonds is 5. The third-order valence-electron chi connectivity index (χ3n) is 4.99. The van der Waals surface area contributed by atoms with Gasteiger partial charge >= 0.3 is 0 Å². The fraction of sp³-hybridized carbons (Fsp3) is 0.875. The first-order valence-electron chi connectivity index (χ1n) is 8.28. The molecule has 21 heavy (non-hydrogen) atoms. The van der Waals surface area contributed by atoms with Crippen LogP contribution in [0.25, 0.3) is 0 Å². The molecular formula is C16H28N2O3. The van der Waals surface area contributed by atoms with E-state index in [0.29, 0.717) is 25.4 Å². The van der Waals surface area contributed by atoms with Crippen molar-refractivity contribution in [3.8, 4) is 0 Å². The molecule has 1 saturated carbocycles. The number of nitrogens with zero attached hydrogens (tertiary/aromatic N) is 1. The fourth-order valence-electron chi connectivity index (χ4n) is 3.66. The molecule has 0 aromatic carbocycles. The van der Waals surface area contributed by atoms with E-state index in [0.717, 1.165) is 19.3 Å². The molecule has 2 N–H and O–H groups in total. The maximum atomic E-state index is 12.4. The smallest absolute Gasteiger partial charge is 0.225 e. The minimum Gasteiger partial charge on any atom is -0.396 e. The Morgan fingerprint density at radius 1 is 1.24 bits per heavy atom. The third-order valence-corrected chi connectivity index (χ3v) is 4.99. The molecule has 2 fully saturated rings. The zero-order chi connectivity index (χ0) is 15.2. The maximum absolute atomic E-state index is 12.4. The van der Waals surface area contributed by atoms with Gasteiger partial charge in [-0.1, -0.05) is 19.3 Å². The normalized spacial score (nSPS) is 24.9. The molecule has 1 aliphatic heterocycles. The summed E-state index contributed by atoms with van der Waals surface area (Å²) in [7, 11) is 0. The Hall–Kier alpha value is -1.10. The van der Waals surface area contributed by atoms with Crippen molar-refractivity contribution in [1.82, 2.24) is 10.2 Å². The molecule has 1 saturated heterocycles. The predicted octanol–water partition coefficient (Wildman–Crippen LogP) is 1.30. The first-order chi connectivity index (χ1) is 10.1. The van der Waals surface area contributed by atoms with Crippen molar-refractivity contribution in [2.45, 2.75) is 57.9 Å². The first-order valence-corrected chi connectivity index (χ1v) is 8.28. The van der Waals surface area contributed by atoms with E-state index in [-0.39, 0.29) is 30.4 Å². The van der Waals surface area contributed by atoms with Gasteiger partial charge in [0.1, 0.15) is 0 Å². The summed E-state index contributed by atoms with van der Waals surface area (Å²) < 4.78 is 0. The summed E-state index contributed by atoms with van der Waals surface area (Å²) in [6.45, 7) is 2.89. The number of likely N-dealkylation sites (tertiary alicyclic amines) is 1. The average Bonchev–Trinajstić information content (AvgIpc) is 2.98. The zero-order valence-electron chi connectivity index (χ0n) is 13.0. The van der Waals surface area contributed by atoms with Gasteiger partial charge < -0.3 is 15.3 Å². The molecule has 120 valence electrons. The van der Waals surface area contributed by atoms with Crippen molar-refractivity contribution in [1.29, 1.82) is 0 Å². The van der Waals surface area contributed by atoms with Crippen molar-refractivity contribution in [2.24, 2.45) is 11.8 Å². The highest BCUT2D eigenvalue weighted by Crippen LogP contribution is 2.28. The molecule has 0 radical (unpaired) electrons. The Labute approximate surface area is 127 Å². The van der Waals surface area contributed by atoms with Crippen LogP contribution in [-0.2, 0) is 9.59 Å². The summed E-state index contributed by atoms with van der Waals surface area (Å²) in [4.78, 5) is 25.5. The van der Waals surface area contributed by atoms with Gasteiger partial charge in [0, 0.05) is 32.7 Å². The van der Waals surface area contributed by atoms with Crippen LogP contribution in [0.15, 0.2) is 0 Å². The Morgan fingerprint density at radius 2 is 1.95 bits per heavy atom. The Kier molecular flexibility index (Phi) is 6.03. The van der Waals surface area contributed by atoms with Gasteiger partial charge in [-0.15, -0.1) is 0 Å². The Balaban J connectivity index is 1.87. The van der Waals surface area contributed by atoms with E-state index in [9.17, 15) is 14.7 Å². The Morgan fingerprint density at radius 3 is 2.52 bits per heavy atom. The molecule has 5 heteroatoms. The van der Waals surface area contributed by atoms with Crippen LogP contribution < -0.4 is 5.32 Å². The molecule has 1 aliphatic carbocycles. The summed E-state index contributed by atoms with van der Waals surface area (Å²) in [6.07, 6.45) is 7.42. The van der Waals surface area contributed by atoms with Gasteiger partial charge in [0.15, 0.2) is 0 Å². The van der Waals surface area contributed by atoms with Gasteiger partial charge in [0.25, 0.3) is 0 Å². The molecule has 0 aromatic heterocycles. The SMILES string of the molecule is CC(=O)N1CCC(C(=O)NC(CCO)C2CCCCC2)C1. The number of nitrogens with one attached hydrogen (secondary N) is 1. The second-order valence-corrected chi connectivity index (χ2v) is 6.48. The van der Waals surface area contributed by atoms with E-state index in [1.807, 2.05) is 0 Å². The summed E-state index contributed by atoms with van der Waals surface area (Å²) >= 11 is 0. The minimum atomic E-state index is -0.0846. The van der Waals surface area contributed by atoms with Gasteiger partial charge in [-0.05, 0) is 31.6 Å². The van der Waals surface area contributed by atoms with Gasteiger partial charge in [-0.25, -0.2) is 0 Å². The number of aliphatic hydroxyl groups is 1. The molecule has 2 rings (SSSR count). The lowest BCUT2D eigenvalue weighted by Gasteiger charge is -2.31. The van der Waals surface area contributed by atoms with Crippen LogP contribution >= 0.6 is 0 Å². The second-order valence-electron chi connectivity index (χ2n) is 6.48. The van der Waals surface area contributed by atoms with Crippen LogP contribution in [0, 0.1) is 11.8 Å². The van der Waals surface area contributed by atoms with E-state index in [4.69, 9.17) is 0 Å². The number of carbonyl (C=O) groups excluding carboxylic acids is 2. The van der Waals surface area contributed by atoms with E-state index < -0.39 is 0 Å². The zero-order valence-corrected chi connectivity index (χ0v) is 13.0. The van der Waals surface area contributed by atoms with E-state index >= 15 is 0 Å². The topological polar surface area (TPSA) is 69.6 Å². The molecule has 2 unspecified atom stereocenters. The van der Waals surface area contributed by atoms with Crippen LogP contribution in [0.2, 0.25) is 0 Å². The molecule has 2 atom stereocenters. The van der Waals surface area contributed by atoms with E-state index in [1.165, 1.54) is 19.3 Å². The molecule has 2 aliphatic rings. The lowest BCUT2D eigenvalue weighted by Crippen LogP contribution is -2.45. The quantitative estimate of drug-likeness (QED) is 0.803. The highest BCUT2D eigenvalue weighted by atomic mass is 16.3. The van der Waals surface area contributed by atoms with Crippen molar-refractivity contribution in [2.75, 3.05) is 19.7 Å². The standard InChI is InChI=1S/C16H28N2O3/c1-12(20)18-9-7-14(11-18)16(21)17-15(8-10-19)13-5-3-2-4-6-13/h13-15,19H,2-11H2,1H3,(H,17,21). The average molecular weight is 296 g/mol. The third kappa shape index (κ3) is 4.43. The van der Waals surface area contributed by atoms with Crippen LogP contribution in [0.4, 0.5) is 0 Å². The molecule has 2 amide bonds. The number of aliphatic hydroxyl groups excluding tert-OH is 1. The van der Waals surface area contributed by atoms with Crippen LogP contribution in [0.1, 0.15) is 51.9 Å². The molecular weight excluding hydrogens is 268 g/mol. The van der Waals surface area contributed by atoms with Crippen LogP contribution in [0.3, 0.4) is 0 Å². The highest BCUT2D eigenvalue weighted by Gasteiger charge is 2.32. The van der Waals surface area contributed by atoms with E-state index in [2.05, 4.69) is 5.32 Å². The monoisotopic (exact) mass is 296 g/mol. The van der Waals surface area contributed by atoms with Crippen molar-refractivity contribution < 1.29 is 14.7 Å². The predicted molar refractivity (Wildman–Crippen MR) is 80.6 cm³/mol.